The van der Waals surface area contributed by atoms with Crippen LogP contribution in [0.1, 0.15) is 23.7 Å². The number of para-hydroxylation sites is 1. The molecule has 0 radical (unpaired) electrons. The Labute approximate surface area is 124 Å². The van der Waals surface area contributed by atoms with Gasteiger partial charge in [-0.05, 0) is 42.8 Å². The molecule has 2 N–H and O–H groups in total. The van der Waals surface area contributed by atoms with Gasteiger partial charge in [-0.1, -0.05) is 30.7 Å². The zero-order valence-electron chi connectivity index (χ0n) is 11.3. The first-order valence-corrected chi connectivity index (χ1v) is 6.98. The predicted molar refractivity (Wildman–Crippen MR) is 84.6 cm³/mol. The lowest BCUT2D eigenvalue weighted by Gasteiger charge is -2.11. The molecule has 20 heavy (non-hydrogen) atoms. The Balaban J connectivity index is 2.14. The van der Waals surface area contributed by atoms with Gasteiger partial charge in [-0.2, -0.15) is 0 Å². The second kappa shape index (κ2) is 6.96. The lowest BCUT2D eigenvalue weighted by atomic mass is 10.1. The normalized spacial score (nSPS) is 10.1. The van der Waals surface area contributed by atoms with Crippen LogP contribution in [0.25, 0.3) is 0 Å². The van der Waals surface area contributed by atoms with Crippen LogP contribution in [0.2, 0.25) is 5.02 Å². The Morgan fingerprint density at radius 2 is 1.80 bits per heavy atom. The molecule has 0 aliphatic carbocycles. The van der Waals surface area contributed by atoms with E-state index in [0.29, 0.717) is 10.6 Å². The third kappa shape index (κ3) is 3.75. The number of benzene rings is 2. The fourth-order valence-corrected chi connectivity index (χ4v) is 1.95. The molecule has 0 aromatic heterocycles. The average Bonchev–Trinajstić information content (AvgIpc) is 2.47. The zero-order chi connectivity index (χ0) is 14.4. The lowest BCUT2D eigenvalue weighted by Crippen LogP contribution is -2.15. The minimum atomic E-state index is -0.133. The molecule has 0 saturated heterocycles. The highest BCUT2D eigenvalue weighted by atomic mass is 35.5. The highest BCUT2D eigenvalue weighted by Crippen LogP contribution is 2.18. The molecule has 3 nitrogen and oxygen atoms in total. The number of amides is 1. The second-order valence-corrected chi connectivity index (χ2v) is 4.87. The first-order valence-electron chi connectivity index (χ1n) is 6.60. The molecule has 2 rings (SSSR count). The van der Waals surface area contributed by atoms with Crippen molar-refractivity contribution in [2.24, 2.45) is 0 Å². The number of anilines is 2. The summed E-state index contributed by atoms with van der Waals surface area (Å²) >= 11 is 5.82. The van der Waals surface area contributed by atoms with Crippen LogP contribution in [-0.2, 0) is 0 Å². The van der Waals surface area contributed by atoms with Gasteiger partial charge >= 0.3 is 0 Å². The summed E-state index contributed by atoms with van der Waals surface area (Å²) in [6, 6.07) is 14.5. The minimum absolute atomic E-state index is 0.133. The molecule has 0 heterocycles. The van der Waals surface area contributed by atoms with Crippen molar-refractivity contribution >= 4 is 28.9 Å². The number of hydrogen-bond acceptors (Lipinski definition) is 2. The van der Waals surface area contributed by atoms with E-state index in [1.807, 2.05) is 24.3 Å². The average molecular weight is 289 g/mol. The summed E-state index contributed by atoms with van der Waals surface area (Å²) in [6.45, 7) is 2.93. The van der Waals surface area contributed by atoms with E-state index in [2.05, 4.69) is 17.6 Å². The summed E-state index contributed by atoms with van der Waals surface area (Å²) in [5.41, 5.74) is 2.21. The maximum absolute atomic E-state index is 12.3. The molecule has 0 aliphatic rings. The smallest absolute Gasteiger partial charge is 0.257 e. The third-order valence-corrected chi connectivity index (χ3v) is 3.09. The van der Waals surface area contributed by atoms with E-state index in [1.165, 1.54) is 0 Å². The molecule has 1 amide bonds. The Bertz CT molecular complexity index is 581. The molecule has 0 aliphatic heterocycles. The number of carbonyl (C=O) groups is 1. The van der Waals surface area contributed by atoms with Gasteiger partial charge in [-0.15, -0.1) is 0 Å². The van der Waals surface area contributed by atoms with Crippen LogP contribution >= 0.6 is 11.6 Å². The third-order valence-electron chi connectivity index (χ3n) is 2.84. The van der Waals surface area contributed by atoms with Crippen molar-refractivity contribution in [2.45, 2.75) is 13.3 Å². The van der Waals surface area contributed by atoms with E-state index in [0.717, 1.165) is 24.3 Å². The Kier molecular flexibility index (Phi) is 5.02. The molecule has 2 aromatic rings. The van der Waals surface area contributed by atoms with E-state index in [9.17, 15) is 4.79 Å². The highest BCUT2D eigenvalue weighted by Gasteiger charge is 2.10. The van der Waals surface area contributed by atoms with E-state index < -0.39 is 0 Å². The quantitative estimate of drug-likeness (QED) is 0.855. The lowest BCUT2D eigenvalue weighted by molar-refractivity contribution is 0.102. The van der Waals surface area contributed by atoms with E-state index in [-0.39, 0.29) is 5.91 Å². The molecule has 4 heteroatoms. The molecule has 0 spiro atoms. The van der Waals surface area contributed by atoms with E-state index >= 15 is 0 Å². The summed E-state index contributed by atoms with van der Waals surface area (Å²) in [5.74, 6) is -0.133. The van der Waals surface area contributed by atoms with Crippen LogP contribution in [0.15, 0.2) is 48.5 Å². The van der Waals surface area contributed by atoms with Gasteiger partial charge in [0.2, 0.25) is 0 Å². The fourth-order valence-electron chi connectivity index (χ4n) is 1.83. The maximum atomic E-state index is 12.3. The number of rotatable bonds is 5. The summed E-state index contributed by atoms with van der Waals surface area (Å²) in [7, 11) is 0. The number of halogens is 1. The molecule has 0 bridgehead atoms. The monoisotopic (exact) mass is 288 g/mol. The molecule has 104 valence electrons. The molecule has 0 fully saturated rings. The number of nitrogens with one attached hydrogen (secondary N) is 2. The van der Waals surface area contributed by atoms with Gasteiger partial charge in [0.15, 0.2) is 0 Å². The maximum Gasteiger partial charge on any atom is 0.257 e. The Hall–Kier alpha value is -2.00. The standard InChI is InChI=1S/C16H17ClN2O/c1-2-11-18-15-6-4-3-5-14(15)16(20)19-13-9-7-12(17)8-10-13/h3-10,18H,2,11H2,1H3,(H,19,20). The van der Waals surface area contributed by atoms with Crippen LogP contribution in [-0.4, -0.2) is 12.5 Å². The van der Waals surface area contributed by atoms with E-state index in [1.54, 1.807) is 24.3 Å². The number of carbonyl (C=O) groups excluding carboxylic acids is 1. The van der Waals surface area contributed by atoms with Crippen molar-refractivity contribution in [3.63, 3.8) is 0 Å². The first-order chi connectivity index (χ1) is 9.70. The van der Waals surface area contributed by atoms with Crippen molar-refractivity contribution in [3.05, 3.63) is 59.1 Å². The molecular formula is C16H17ClN2O. The molecule has 0 unspecified atom stereocenters. The Morgan fingerprint density at radius 1 is 1.10 bits per heavy atom. The van der Waals surface area contributed by atoms with Crippen molar-refractivity contribution in [3.8, 4) is 0 Å². The van der Waals surface area contributed by atoms with Gasteiger partial charge in [0.05, 0.1) is 5.56 Å². The summed E-state index contributed by atoms with van der Waals surface area (Å²) in [6.07, 6.45) is 1.01. The zero-order valence-corrected chi connectivity index (χ0v) is 12.1. The highest BCUT2D eigenvalue weighted by molar-refractivity contribution is 6.30. The van der Waals surface area contributed by atoms with Gasteiger partial charge in [0, 0.05) is 22.9 Å². The van der Waals surface area contributed by atoms with Crippen molar-refractivity contribution in [2.75, 3.05) is 17.2 Å². The SMILES string of the molecule is CCCNc1ccccc1C(=O)Nc1ccc(Cl)cc1. The van der Waals surface area contributed by atoms with Crippen molar-refractivity contribution in [1.82, 2.24) is 0 Å². The molecule has 0 saturated carbocycles. The van der Waals surface area contributed by atoms with Gasteiger partial charge in [0.25, 0.3) is 5.91 Å². The summed E-state index contributed by atoms with van der Waals surface area (Å²) in [5, 5.41) is 6.77. The largest absolute Gasteiger partial charge is 0.384 e. The topological polar surface area (TPSA) is 41.1 Å². The van der Waals surface area contributed by atoms with Gasteiger partial charge in [0.1, 0.15) is 0 Å². The molecule has 2 aromatic carbocycles. The first kappa shape index (κ1) is 14.4. The van der Waals surface area contributed by atoms with Crippen molar-refractivity contribution < 1.29 is 4.79 Å². The summed E-state index contributed by atoms with van der Waals surface area (Å²) < 4.78 is 0. The molecular weight excluding hydrogens is 272 g/mol. The van der Waals surface area contributed by atoms with Gasteiger partial charge < -0.3 is 10.6 Å². The van der Waals surface area contributed by atoms with Crippen molar-refractivity contribution in [1.29, 1.82) is 0 Å². The van der Waals surface area contributed by atoms with Crippen LogP contribution in [0, 0.1) is 0 Å². The van der Waals surface area contributed by atoms with Crippen LogP contribution in [0.5, 0.6) is 0 Å². The van der Waals surface area contributed by atoms with Gasteiger partial charge in [-0.25, -0.2) is 0 Å². The van der Waals surface area contributed by atoms with Crippen LogP contribution in [0.4, 0.5) is 11.4 Å². The van der Waals surface area contributed by atoms with Gasteiger partial charge in [-0.3, -0.25) is 4.79 Å². The van der Waals surface area contributed by atoms with Crippen LogP contribution in [0.3, 0.4) is 0 Å². The summed E-state index contributed by atoms with van der Waals surface area (Å²) in [4.78, 5) is 12.3. The fraction of sp³-hybridized carbons (Fsp3) is 0.188. The number of hydrogen-bond donors (Lipinski definition) is 2. The molecule has 0 atom stereocenters. The second-order valence-electron chi connectivity index (χ2n) is 4.43. The van der Waals surface area contributed by atoms with Crippen LogP contribution < -0.4 is 10.6 Å². The predicted octanol–water partition coefficient (Wildman–Crippen LogP) is 4.41. The van der Waals surface area contributed by atoms with E-state index in [4.69, 9.17) is 11.6 Å². The Morgan fingerprint density at radius 3 is 2.50 bits per heavy atom. The minimum Gasteiger partial charge on any atom is -0.384 e.